The van der Waals surface area contributed by atoms with Crippen LogP contribution in [-0.4, -0.2) is 23.1 Å². The Morgan fingerprint density at radius 2 is 1.69 bits per heavy atom. The summed E-state index contributed by atoms with van der Waals surface area (Å²) in [5, 5.41) is 10.6. The standard InChI is InChI=1S/C23H25NO2/c1-2-20(24-14-13-17-9-5-3-6-10-17)23-21(25)15-19(16-22(23)26)18-11-7-4-8-12-18/h3-12,19,25H,2,13-16H2,1H3. The van der Waals surface area contributed by atoms with E-state index in [1.54, 1.807) is 0 Å². The molecule has 0 spiro atoms. The molecule has 0 aliphatic heterocycles. The van der Waals surface area contributed by atoms with Crippen molar-refractivity contribution in [1.82, 2.24) is 0 Å². The Labute approximate surface area is 155 Å². The summed E-state index contributed by atoms with van der Waals surface area (Å²) in [6.07, 6.45) is 2.42. The van der Waals surface area contributed by atoms with Crippen LogP contribution in [0.4, 0.5) is 0 Å². The molecule has 0 saturated carbocycles. The van der Waals surface area contributed by atoms with Crippen LogP contribution >= 0.6 is 0 Å². The summed E-state index contributed by atoms with van der Waals surface area (Å²) in [6.45, 7) is 2.61. The molecule has 1 aliphatic carbocycles. The molecule has 3 nitrogen and oxygen atoms in total. The Morgan fingerprint density at radius 3 is 2.31 bits per heavy atom. The molecule has 2 aromatic rings. The number of aliphatic imine (C=N–C) groups is 1. The zero-order valence-corrected chi connectivity index (χ0v) is 15.2. The predicted molar refractivity (Wildman–Crippen MR) is 106 cm³/mol. The summed E-state index contributed by atoms with van der Waals surface area (Å²) in [4.78, 5) is 17.4. The normalized spacial score (nSPS) is 18.3. The molecule has 1 aliphatic rings. The molecule has 0 amide bonds. The van der Waals surface area contributed by atoms with E-state index in [4.69, 9.17) is 0 Å². The SMILES string of the molecule is CCC(=NCCc1ccccc1)C1=C(O)CC(c2ccccc2)CC1=O. The maximum absolute atomic E-state index is 12.7. The molecule has 0 aromatic heterocycles. The molecule has 1 atom stereocenters. The van der Waals surface area contributed by atoms with Crippen molar-refractivity contribution in [3.63, 3.8) is 0 Å². The quantitative estimate of drug-likeness (QED) is 0.744. The van der Waals surface area contributed by atoms with Crippen molar-refractivity contribution in [2.45, 2.75) is 38.5 Å². The Bertz CT molecular complexity index is 807. The van der Waals surface area contributed by atoms with Gasteiger partial charge in [-0.2, -0.15) is 0 Å². The van der Waals surface area contributed by atoms with E-state index in [9.17, 15) is 9.90 Å². The Morgan fingerprint density at radius 1 is 1.04 bits per heavy atom. The van der Waals surface area contributed by atoms with Crippen LogP contribution in [-0.2, 0) is 11.2 Å². The second-order valence-electron chi connectivity index (χ2n) is 6.68. The van der Waals surface area contributed by atoms with Crippen molar-refractivity contribution >= 4 is 11.5 Å². The lowest BCUT2D eigenvalue weighted by atomic mass is 9.81. The number of ketones is 1. The summed E-state index contributed by atoms with van der Waals surface area (Å²) >= 11 is 0. The highest BCUT2D eigenvalue weighted by atomic mass is 16.3. The topological polar surface area (TPSA) is 49.7 Å². The molecule has 26 heavy (non-hydrogen) atoms. The second-order valence-corrected chi connectivity index (χ2v) is 6.68. The van der Waals surface area contributed by atoms with E-state index in [1.165, 1.54) is 5.56 Å². The van der Waals surface area contributed by atoms with E-state index >= 15 is 0 Å². The average Bonchev–Trinajstić information content (AvgIpc) is 2.67. The van der Waals surface area contributed by atoms with Gasteiger partial charge in [0.15, 0.2) is 5.78 Å². The monoisotopic (exact) mass is 347 g/mol. The molecule has 3 heteroatoms. The van der Waals surface area contributed by atoms with Gasteiger partial charge in [-0.15, -0.1) is 0 Å². The molecular weight excluding hydrogens is 322 g/mol. The van der Waals surface area contributed by atoms with Crippen molar-refractivity contribution < 1.29 is 9.90 Å². The van der Waals surface area contributed by atoms with Gasteiger partial charge in [0.1, 0.15) is 5.76 Å². The Balaban J connectivity index is 1.75. The average molecular weight is 347 g/mol. The molecule has 0 fully saturated rings. The minimum atomic E-state index is 0.00270. The lowest BCUT2D eigenvalue weighted by molar-refractivity contribution is -0.116. The van der Waals surface area contributed by atoms with Gasteiger partial charge in [-0.1, -0.05) is 67.6 Å². The zero-order chi connectivity index (χ0) is 18.4. The minimum Gasteiger partial charge on any atom is -0.511 e. The number of aliphatic hydroxyl groups is 1. The van der Waals surface area contributed by atoms with Gasteiger partial charge in [-0.05, 0) is 29.9 Å². The fourth-order valence-corrected chi connectivity index (χ4v) is 3.52. The second kappa shape index (κ2) is 8.61. The lowest BCUT2D eigenvalue weighted by Gasteiger charge is -2.24. The van der Waals surface area contributed by atoms with Crippen LogP contribution in [0.15, 0.2) is 77.0 Å². The van der Waals surface area contributed by atoms with E-state index in [0.717, 1.165) is 17.7 Å². The fraction of sp³-hybridized carbons (Fsp3) is 0.304. The maximum atomic E-state index is 12.7. The summed E-state index contributed by atoms with van der Waals surface area (Å²) in [7, 11) is 0. The van der Waals surface area contributed by atoms with E-state index in [2.05, 4.69) is 17.1 Å². The van der Waals surface area contributed by atoms with Crippen molar-refractivity contribution in [3.05, 3.63) is 83.1 Å². The van der Waals surface area contributed by atoms with Gasteiger partial charge in [0, 0.05) is 25.1 Å². The third-order valence-corrected chi connectivity index (χ3v) is 4.88. The highest BCUT2D eigenvalue weighted by molar-refractivity contribution is 6.23. The summed E-state index contributed by atoms with van der Waals surface area (Å²) in [5.74, 6) is 0.244. The molecule has 2 aromatic carbocycles. The van der Waals surface area contributed by atoms with Crippen LogP contribution in [0.1, 0.15) is 43.2 Å². The van der Waals surface area contributed by atoms with Crippen LogP contribution in [0.3, 0.4) is 0 Å². The van der Waals surface area contributed by atoms with Gasteiger partial charge in [0.05, 0.1) is 5.57 Å². The van der Waals surface area contributed by atoms with E-state index in [-0.39, 0.29) is 17.5 Å². The van der Waals surface area contributed by atoms with Gasteiger partial charge < -0.3 is 5.11 Å². The first-order valence-corrected chi connectivity index (χ1v) is 9.27. The number of allylic oxidation sites excluding steroid dienone is 2. The number of benzene rings is 2. The fourth-order valence-electron chi connectivity index (χ4n) is 3.52. The van der Waals surface area contributed by atoms with Crippen LogP contribution in [0.5, 0.6) is 0 Å². The van der Waals surface area contributed by atoms with Gasteiger partial charge in [0.2, 0.25) is 0 Å². The van der Waals surface area contributed by atoms with E-state index in [1.807, 2.05) is 55.5 Å². The number of aliphatic hydroxyl groups excluding tert-OH is 1. The van der Waals surface area contributed by atoms with Gasteiger partial charge >= 0.3 is 0 Å². The van der Waals surface area contributed by atoms with Crippen LogP contribution in [0.2, 0.25) is 0 Å². The molecule has 0 radical (unpaired) electrons. The van der Waals surface area contributed by atoms with Crippen molar-refractivity contribution in [2.24, 2.45) is 4.99 Å². The van der Waals surface area contributed by atoms with Gasteiger partial charge in [-0.3, -0.25) is 9.79 Å². The maximum Gasteiger partial charge on any atom is 0.168 e. The third kappa shape index (κ3) is 4.29. The molecule has 1 N–H and O–H groups in total. The number of hydrogen-bond donors (Lipinski definition) is 1. The lowest BCUT2D eigenvalue weighted by Crippen LogP contribution is -2.23. The third-order valence-electron chi connectivity index (χ3n) is 4.88. The van der Waals surface area contributed by atoms with Crippen molar-refractivity contribution in [3.8, 4) is 0 Å². The first-order chi connectivity index (χ1) is 12.7. The Kier molecular flexibility index (Phi) is 6.00. The first-order valence-electron chi connectivity index (χ1n) is 9.27. The number of hydrogen-bond acceptors (Lipinski definition) is 3. The molecule has 134 valence electrons. The highest BCUT2D eigenvalue weighted by Crippen LogP contribution is 2.34. The number of carbonyl (C=O) groups excluding carboxylic acids is 1. The number of nitrogens with zero attached hydrogens (tertiary/aromatic N) is 1. The first kappa shape index (κ1) is 18.1. The number of Topliss-reactive ketones (excluding diaryl/α,β-unsaturated/α-hetero) is 1. The zero-order valence-electron chi connectivity index (χ0n) is 15.2. The molecule has 3 rings (SSSR count). The smallest absolute Gasteiger partial charge is 0.168 e. The van der Waals surface area contributed by atoms with E-state index in [0.29, 0.717) is 31.4 Å². The van der Waals surface area contributed by atoms with Crippen LogP contribution in [0.25, 0.3) is 0 Å². The van der Waals surface area contributed by atoms with E-state index < -0.39 is 0 Å². The number of rotatable bonds is 6. The predicted octanol–water partition coefficient (Wildman–Crippen LogP) is 5.04. The summed E-state index contributed by atoms with van der Waals surface area (Å²) < 4.78 is 0. The molecule has 1 unspecified atom stereocenters. The summed E-state index contributed by atoms with van der Waals surface area (Å²) in [5.41, 5.74) is 3.51. The minimum absolute atomic E-state index is 0.00270. The Hall–Kier alpha value is -2.68. The van der Waals surface area contributed by atoms with Crippen molar-refractivity contribution in [1.29, 1.82) is 0 Å². The van der Waals surface area contributed by atoms with Crippen LogP contribution < -0.4 is 0 Å². The molecule has 0 heterocycles. The largest absolute Gasteiger partial charge is 0.511 e. The molecule has 0 bridgehead atoms. The van der Waals surface area contributed by atoms with Gasteiger partial charge in [0.25, 0.3) is 0 Å². The number of carbonyl (C=O) groups is 1. The van der Waals surface area contributed by atoms with Crippen LogP contribution in [0, 0.1) is 0 Å². The highest BCUT2D eigenvalue weighted by Gasteiger charge is 2.30. The summed E-state index contributed by atoms with van der Waals surface area (Å²) in [6, 6.07) is 20.1. The van der Waals surface area contributed by atoms with Gasteiger partial charge in [-0.25, -0.2) is 0 Å². The van der Waals surface area contributed by atoms with Crippen molar-refractivity contribution in [2.75, 3.05) is 6.54 Å². The molecular formula is C23H25NO2. The molecule has 0 saturated heterocycles.